The normalized spacial score (nSPS) is 42.8. The summed E-state index contributed by atoms with van der Waals surface area (Å²) in [5.41, 5.74) is -1.97. The molecular weight excluding hydrogens is 792 g/mol. The Bertz CT molecular complexity index is 1670. The van der Waals surface area contributed by atoms with E-state index in [4.69, 9.17) is 42.6 Å². The number of rotatable bonds is 10. The van der Waals surface area contributed by atoms with Crippen molar-refractivity contribution in [3.63, 3.8) is 0 Å². The van der Waals surface area contributed by atoms with Crippen LogP contribution in [0.4, 0.5) is 4.79 Å². The summed E-state index contributed by atoms with van der Waals surface area (Å²) >= 11 is 0. The largest absolute Gasteiger partial charge is 0.458 e. The molecule has 1 aromatic rings. The number of ether oxygens (including phenoxy) is 9. The number of nitrogens with zero attached hydrogens (tertiary/aromatic N) is 1. The van der Waals surface area contributed by atoms with Crippen LogP contribution < -0.4 is 5.32 Å². The van der Waals surface area contributed by atoms with Crippen molar-refractivity contribution < 1.29 is 66.9 Å². The van der Waals surface area contributed by atoms with E-state index in [0.29, 0.717) is 18.4 Å². The lowest BCUT2D eigenvalue weighted by molar-refractivity contribution is -0.319. The van der Waals surface area contributed by atoms with E-state index in [-0.39, 0.29) is 30.8 Å². The third-order valence-corrected chi connectivity index (χ3v) is 13.6. The summed E-state index contributed by atoms with van der Waals surface area (Å²) in [7, 11) is 6.83. The van der Waals surface area contributed by atoms with Gasteiger partial charge in [0.1, 0.15) is 23.6 Å². The van der Waals surface area contributed by atoms with E-state index in [1.165, 1.54) is 14.2 Å². The zero-order valence-corrected chi connectivity index (χ0v) is 38.2. The van der Waals surface area contributed by atoms with Crippen molar-refractivity contribution in [3.05, 3.63) is 35.9 Å². The van der Waals surface area contributed by atoms with E-state index in [1.54, 1.807) is 45.0 Å². The molecule has 0 bridgehead atoms. The minimum Gasteiger partial charge on any atom is -0.458 e. The second-order valence-electron chi connectivity index (χ2n) is 18.3. The van der Waals surface area contributed by atoms with Crippen molar-refractivity contribution in [3.8, 4) is 0 Å². The monoisotopic (exact) mass is 862 g/mol. The van der Waals surface area contributed by atoms with E-state index < -0.39 is 114 Å². The molecule has 0 spiro atoms. The number of carbonyl (C=O) groups is 4. The zero-order chi connectivity index (χ0) is 45.1. The highest BCUT2D eigenvalue weighted by Gasteiger charge is 2.55. The third-order valence-electron chi connectivity index (χ3n) is 13.6. The first kappa shape index (κ1) is 48.8. The molecule has 5 rings (SSSR count). The number of carbonyl (C=O) groups excluding carboxylic acids is 4. The molecular formula is C45H70N2O14. The maximum Gasteiger partial charge on any atom is 0.407 e. The molecule has 4 saturated heterocycles. The van der Waals surface area contributed by atoms with Gasteiger partial charge in [-0.25, -0.2) is 9.59 Å². The molecule has 2 N–H and O–H groups in total. The SMILES string of the molecule is CC[C@H]1OC(=O)[C@H](C)[C@@H](OC2C[C@@](C)(OC)[C@@H](OC(=O)c3ccccc3)[C@H](C)O2)[C@H](C)[C@@H](OC2O[C@H](C)C[C@H](N(C)C)[C@H]2O)[C@@](C)(OC)C[C@@H](C)C(=O)[C@H](C)[C@H]2NC(=O)O[C@@H]21. The number of hydrogen-bond donors (Lipinski definition) is 2. The topological polar surface area (TPSA) is 187 Å². The highest BCUT2D eigenvalue weighted by atomic mass is 16.7. The summed E-state index contributed by atoms with van der Waals surface area (Å²) in [6.45, 7) is 16.2. The van der Waals surface area contributed by atoms with E-state index in [9.17, 15) is 24.3 Å². The molecule has 61 heavy (non-hydrogen) atoms. The van der Waals surface area contributed by atoms with Gasteiger partial charge < -0.3 is 58.0 Å². The Kier molecular flexibility index (Phi) is 16.1. The summed E-state index contributed by atoms with van der Waals surface area (Å²) in [5, 5.41) is 14.5. The average Bonchev–Trinajstić information content (AvgIpc) is 3.62. The minimum atomic E-state index is -1.25. The predicted octanol–water partition coefficient (Wildman–Crippen LogP) is 4.67. The molecule has 1 aromatic carbocycles. The Labute approximate surface area is 360 Å². The van der Waals surface area contributed by atoms with Crippen LogP contribution in [-0.4, -0.2) is 147 Å². The predicted molar refractivity (Wildman–Crippen MR) is 221 cm³/mol. The van der Waals surface area contributed by atoms with Crippen LogP contribution in [0.5, 0.6) is 0 Å². The Morgan fingerprint density at radius 1 is 0.885 bits per heavy atom. The second-order valence-corrected chi connectivity index (χ2v) is 18.3. The Hall–Kier alpha value is -3.22. The maximum atomic E-state index is 14.5. The molecule has 4 aliphatic rings. The summed E-state index contributed by atoms with van der Waals surface area (Å²) < 4.78 is 57.0. The van der Waals surface area contributed by atoms with E-state index >= 15 is 0 Å². The van der Waals surface area contributed by atoms with Gasteiger partial charge in [-0.2, -0.15) is 0 Å². The van der Waals surface area contributed by atoms with E-state index in [0.717, 1.165) is 0 Å². The van der Waals surface area contributed by atoms with Gasteiger partial charge in [-0.15, -0.1) is 0 Å². The van der Waals surface area contributed by atoms with Gasteiger partial charge >= 0.3 is 18.0 Å². The number of benzene rings is 1. The van der Waals surface area contributed by atoms with Gasteiger partial charge in [-0.05, 0) is 80.1 Å². The minimum absolute atomic E-state index is 0.0947. The van der Waals surface area contributed by atoms with Gasteiger partial charge in [0.05, 0.1) is 47.5 Å². The van der Waals surface area contributed by atoms with Crippen LogP contribution >= 0.6 is 0 Å². The molecule has 16 heteroatoms. The lowest BCUT2D eigenvalue weighted by Gasteiger charge is -2.50. The summed E-state index contributed by atoms with van der Waals surface area (Å²) in [6, 6.07) is 7.58. The van der Waals surface area contributed by atoms with Crippen LogP contribution in [0.15, 0.2) is 30.3 Å². The number of hydrogen-bond acceptors (Lipinski definition) is 15. The number of aliphatic hydroxyl groups is 1. The zero-order valence-electron chi connectivity index (χ0n) is 38.2. The van der Waals surface area contributed by atoms with Gasteiger partial charge in [0.15, 0.2) is 24.8 Å². The van der Waals surface area contributed by atoms with Crippen LogP contribution in [-0.2, 0) is 52.2 Å². The number of nitrogens with one attached hydrogen (secondary N) is 1. The first-order valence-electron chi connectivity index (χ1n) is 21.7. The van der Waals surface area contributed by atoms with Gasteiger partial charge in [0.25, 0.3) is 0 Å². The number of amides is 1. The molecule has 16 nitrogen and oxygen atoms in total. The van der Waals surface area contributed by atoms with E-state index in [2.05, 4.69) is 5.32 Å². The Morgan fingerprint density at radius 3 is 2.13 bits per heavy atom. The maximum absolute atomic E-state index is 14.5. The van der Waals surface area contributed by atoms with Crippen molar-refractivity contribution in [1.82, 2.24) is 10.2 Å². The van der Waals surface area contributed by atoms with Crippen LogP contribution in [0, 0.1) is 23.7 Å². The fourth-order valence-electron chi connectivity index (χ4n) is 9.82. The summed E-state index contributed by atoms with van der Waals surface area (Å²) in [4.78, 5) is 56.8. The smallest absolute Gasteiger partial charge is 0.407 e. The summed E-state index contributed by atoms with van der Waals surface area (Å²) in [6.07, 6.45) is -8.44. The Balaban J connectivity index is 1.57. The van der Waals surface area contributed by atoms with Crippen molar-refractivity contribution in [1.29, 1.82) is 0 Å². The molecule has 0 saturated carbocycles. The molecule has 4 heterocycles. The van der Waals surface area contributed by atoms with Crippen LogP contribution in [0.1, 0.15) is 98.4 Å². The van der Waals surface area contributed by atoms with Crippen LogP contribution in [0.2, 0.25) is 0 Å². The van der Waals surface area contributed by atoms with Crippen LogP contribution in [0.3, 0.4) is 0 Å². The molecule has 344 valence electrons. The first-order chi connectivity index (χ1) is 28.7. The van der Waals surface area contributed by atoms with Crippen molar-refractivity contribution in [2.75, 3.05) is 28.3 Å². The number of methoxy groups -OCH3 is 2. The van der Waals surface area contributed by atoms with Gasteiger partial charge in [0, 0.05) is 44.4 Å². The van der Waals surface area contributed by atoms with Crippen molar-refractivity contribution in [2.24, 2.45) is 23.7 Å². The number of cyclic esters (lactones) is 1. The molecule has 0 aromatic heterocycles. The fourth-order valence-corrected chi connectivity index (χ4v) is 9.82. The van der Waals surface area contributed by atoms with E-state index in [1.807, 2.05) is 66.6 Å². The molecule has 0 aliphatic carbocycles. The number of fused-ring (bicyclic) bond motifs is 1. The van der Waals surface area contributed by atoms with Gasteiger partial charge in [0.2, 0.25) is 0 Å². The number of Topliss-reactive ketones (excluding diaryl/α,β-unsaturated/α-hetero) is 1. The third kappa shape index (κ3) is 10.6. The number of esters is 2. The standard InChI is InChI=1S/C45H70N2O14/c1-14-31-37-33(46-43(52)59-37)25(4)34(48)23(2)21-44(8,53-12)38(61-42-35(49)30(47(10)11)20-24(3)55-42)26(5)36(27(6)40(50)57-31)58-32-22-45(9,54-13)39(28(7)56-32)60-41(51)29-18-16-15-17-19-29/h15-19,23-28,30-33,35-39,42,49H,14,20-22H2,1-13H3,(H,46,52)/t23-,24-,25-,26+,27-,28+,30+,31-,32?,33-,35-,36+,37-,38-,39+,42?,44+,45-/m1/s1. The average molecular weight is 863 g/mol. The number of aliphatic hydroxyl groups excluding tert-OH is 1. The highest BCUT2D eigenvalue weighted by Crippen LogP contribution is 2.42. The quantitative estimate of drug-likeness (QED) is 0.244. The Morgan fingerprint density at radius 2 is 1.52 bits per heavy atom. The number of alkyl carbamates (subject to hydrolysis) is 1. The molecule has 1 amide bonds. The second kappa shape index (κ2) is 20.1. The number of likely N-dealkylation sites (N-methyl/N-ethyl adjacent to an activating group) is 1. The molecule has 2 unspecified atom stereocenters. The molecule has 0 radical (unpaired) electrons. The lowest BCUT2D eigenvalue weighted by atomic mass is 9.75. The van der Waals surface area contributed by atoms with Crippen molar-refractivity contribution >= 4 is 23.8 Å². The fraction of sp³-hybridized carbons (Fsp3) is 0.778. The molecule has 18 atom stereocenters. The first-order valence-corrected chi connectivity index (χ1v) is 21.7. The molecule has 4 aliphatic heterocycles. The lowest BCUT2D eigenvalue weighted by Crippen LogP contribution is -2.61. The van der Waals surface area contributed by atoms with Gasteiger partial charge in [-0.1, -0.05) is 45.9 Å². The summed E-state index contributed by atoms with van der Waals surface area (Å²) in [5.74, 6) is -4.39. The molecule has 4 fully saturated rings. The van der Waals surface area contributed by atoms with Gasteiger partial charge in [-0.3, -0.25) is 9.59 Å². The van der Waals surface area contributed by atoms with Crippen molar-refractivity contribution in [2.45, 2.75) is 173 Å². The highest BCUT2D eigenvalue weighted by molar-refractivity contribution is 5.89. The van der Waals surface area contributed by atoms with Crippen LogP contribution in [0.25, 0.3) is 0 Å². The number of ketones is 1.